The van der Waals surface area contributed by atoms with Gasteiger partial charge in [-0.05, 0) is 37.1 Å². The maximum atomic E-state index is 11.5. The largest absolute Gasteiger partial charge is 0.492 e. The molecule has 1 aliphatic heterocycles. The lowest BCUT2D eigenvalue weighted by molar-refractivity contribution is -0.129. The molecule has 0 radical (unpaired) electrons. The summed E-state index contributed by atoms with van der Waals surface area (Å²) in [6.45, 7) is 2.93. The monoisotopic (exact) mass is 498 g/mol. The molecule has 0 bridgehead atoms. The number of methoxy groups -OCH3 is 3. The molecule has 0 aromatic heterocycles. The van der Waals surface area contributed by atoms with Crippen LogP contribution in [0.25, 0.3) is 11.1 Å². The van der Waals surface area contributed by atoms with Crippen molar-refractivity contribution in [2.45, 2.75) is 37.9 Å². The van der Waals surface area contributed by atoms with Gasteiger partial charge in [0.15, 0.2) is 23.0 Å². The van der Waals surface area contributed by atoms with Crippen LogP contribution in [0.1, 0.15) is 25.0 Å². The molecule has 0 amide bonds. The van der Waals surface area contributed by atoms with E-state index in [-0.39, 0.29) is 36.9 Å². The van der Waals surface area contributed by atoms with E-state index in [1.165, 1.54) is 41.2 Å². The van der Waals surface area contributed by atoms with Crippen molar-refractivity contribution in [1.29, 1.82) is 0 Å². The number of aliphatic hydroxyl groups is 2. The highest BCUT2D eigenvalue weighted by molar-refractivity contribution is 7.81. The molecule has 12 heteroatoms. The Kier molecular flexibility index (Phi) is 5.75. The Morgan fingerprint density at radius 1 is 0.853 bits per heavy atom. The van der Waals surface area contributed by atoms with Crippen molar-refractivity contribution in [1.82, 2.24) is 0 Å². The first-order valence-corrected chi connectivity index (χ1v) is 11.6. The summed E-state index contributed by atoms with van der Waals surface area (Å²) < 4.78 is 65.0. The zero-order valence-electron chi connectivity index (χ0n) is 19.3. The molecule has 11 nitrogen and oxygen atoms in total. The van der Waals surface area contributed by atoms with Gasteiger partial charge in [-0.3, -0.25) is 4.55 Å². The predicted octanol–water partition coefficient (Wildman–Crippen LogP) is 1.89. The van der Waals surface area contributed by atoms with Crippen molar-refractivity contribution >= 4 is 10.4 Å². The molecule has 0 saturated carbocycles. The van der Waals surface area contributed by atoms with E-state index in [2.05, 4.69) is 0 Å². The van der Waals surface area contributed by atoms with E-state index in [0.717, 1.165) is 0 Å². The minimum absolute atomic E-state index is 0.0104. The summed E-state index contributed by atoms with van der Waals surface area (Å²) in [6, 6.07) is 2.99. The Morgan fingerprint density at radius 3 is 1.91 bits per heavy atom. The average molecular weight is 499 g/mol. The van der Waals surface area contributed by atoms with Crippen molar-refractivity contribution < 1.29 is 51.1 Å². The smallest absolute Gasteiger partial charge is 0.446 e. The maximum absolute atomic E-state index is 11.5. The second kappa shape index (κ2) is 8.08. The molecule has 0 saturated heterocycles. The zero-order chi connectivity index (χ0) is 25.1. The highest BCUT2D eigenvalue weighted by Gasteiger charge is 2.46. The molecule has 2 aromatic rings. The molecule has 1 heterocycles. The van der Waals surface area contributed by atoms with Gasteiger partial charge in [-0.25, -0.2) is 0 Å². The van der Waals surface area contributed by atoms with Crippen LogP contribution in [-0.2, 0) is 23.2 Å². The number of hydrogen-bond donors (Lipinski definition) is 3. The van der Waals surface area contributed by atoms with E-state index in [9.17, 15) is 23.2 Å². The quantitative estimate of drug-likeness (QED) is 0.519. The molecule has 186 valence electrons. The Labute approximate surface area is 196 Å². The second-order valence-corrected chi connectivity index (χ2v) is 9.59. The van der Waals surface area contributed by atoms with Gasteiger partial charge in [-0.2, -0.15) is 8.42 Å². The molecule has 4 rings (SSSR count). The van der Waals surface area contributed by atoms with Crippen molar-refractivity contribution in [2.75, 3.05) is 28.1 Å². The summed E-state index contributed by atoms with van der Waals surface area (Å²) in [6.07, 6.45) is -0.134. The fourth-order valence-electron chi connectivity index (χ4n) is 4.44. The van der Waals surface area contributed by atoms with Crippen LogP contribution < -0.4 is 27.9 Å². The van der Waals surface area contributed by atoms with Crippen LogP contribution >= 0.6 is 0 Å². The molecule has 1 aliphatic carbocycles. The fraction of sp³-hybridized carbons (Fsp3) is 0.455. The summed E-state index contributed by atoms with van der Waals surface area (Å²) in [7, 11) is -0.842. The van der Waals surface area contributed by atoms with Crippen molar-refractivity contribution in [3.05, 3.63) is 23.3 Å². The highest BCUT2D eigenvalue weighted by atomic mass is 32.3. The van der Waals surface area contributed by atoms with Gasteiger partial charge in [0.2, 0.25) is 18.3 Å². The first-order valence-electron chi connectivity index (χ1n) is 10.2. The maximum Gasteiger partial charge on any atom is 0.446 e. The lowest BCUT2D eigenvalue weighted by Crippen LogP contribution is -2.53. The Bertz CT molecular complexity index is 1250. The second-order valence-electron chi connectivity index (χ2n) is 8.57. The molecule has 3 N–H and O–H groups in total. The first kappa shape index (κ1) is 24.2. The van der Waals surface area contributed by atoms with Crippen LogP contribution in [0.2, 0.25) is 0 Å². The van der Waals surface area contributed by atoms with Crippen molar-refractivity contribution in [3.63, 3.8) is 0 Å². The molecule has 0 spiro atoms. The van der Waals surface area contributed by atoms with Gasteiger partial charge in [0.1, 0.15) is 0 Å². The van der Waals surface area contributed by atoms with E-state index >= 15 is 0 Å². The topological polar surface area (TPSA) is 150 Å². The average Bonchev–Trinajstić information content (AvgIpc) is 3.18. The van der Waals surface area contributed by atoms with Crippen LogP contribution in [0.3, 0.4) is 0 Å². The minimum atomic E-state index is -4.92. The van der Waals surface area contributed by atoms with E-state index in [0.29, 0.717) is 39.5 Å². The molecule has 0 fully saturated rings. The SMILES string of the molecule is COc1c(OS(=O)(=O)O)cc2c(c1OC)-c1c(cc3c(c1OC)OCO3)C[C@@](C)(O)[C@@](C)(O)C2. The standard InChI is InChI=1S/C22H26O11S/c1-21(23)8-11-6-13-18(32-10-31-13)20(30-5)16(11)15-12(9-22(21,2)24)7-14(33-34(25,26)27)17(28-3)19(15)29-4/h6-7,23-24H,8-10H2,1-5H3,(H,25,26,27)/t21-,22+/m1/s1. The van der Waals surface area contributed by atoms with Crippen LogP contribution in [0.5, 0.6) is 34.5 Å². The van der Waals surface area contributed by atoms with Gasteiger partial charge in [0.05, 0.1) is 32.5 Å². The zero-order valence-corrected chi connectivity index (χ0v) is 20.1. The Balaban J connectivity index is 2.16. The lowest BCUT2D eigenvalue weighted by atomic mass is 9.72. The van der Waals surface area contributed by atoms with E-state index in [1.807, 2.05) is 0 Å². The summed E-state index contributed by atoms with van der Waals surface area (Å²) in [5.74, 6) is 0.639. The normalized spacial score (nSPS) is 23.3. The number of hydrogen-bond acceptors (Lipinski definition) is 10. The third kappa shape index (κ3) is 3.86. The van der Waals surface area contributed by atoms with Crippen molar-refractivity contribution in [2.24, 2.45) is 0 Å². The highest BCUT2D eigenvalue weighted by Crippen LogP contribution is 2.57. The van der Waals surface area contributed by atoms with Crippen LogP contribution in [0, 0.1) is 0 Å². The van der Waals surface area contributed by atoms with Crippen LogP contribution in [0.15, 0.2) is 12.1 Å². The molecule has 2 aromatic carbocycles. The van der Waals surface area contributed by atoms with Gasteiger partial charge in [-0.1, -0.05) is 0 Å². The molecule has 2 atom stereocenters. The summed E-state index contributed by atoms with van der Waals surface area (Å²) in [4.78, 5) is 0. The Hall–Kier alpha value is -2.93. The number of rotatable bonds is 5. The minimum Gasteiger partial charge on any atom is -0.492 e. The lowest BCUT2D eigenvalue weighted by Gasteiger charge is -2.41. The number of ether oxygens (including phenoxy) is 5. The third-order valence-electron chi connectivity index (χ3n) is 6.27. The number of benzene rings is 2. The first-order chi connectivity index (χ1) is 15.8. The van der Waals surface area contributed by atoms with Crippen LogP contribution in [0.4, 0.5) is 0 Å². The molecule has 2 aliphatic rings. The van der Waals surface area contributed by atoms with E-state index < -0.39 is 21.6 Å². The molecule has 0 unspecified atom stereocenters. The van der Waals surface area contributed by atoms with Gasteiger partial charge < -0.3 is 38.1 Å². The van der Waals surface area contributed by atoms with Crippen molar-refractivity contribution in [3.8, 4) is 45.6 Å². The third-order valence-corrected chi connectivity index (χ3v) is 6.66. The van der Waals surface area contributed by atoms with E-state index in [4.69, 9.17) is 27.9 Å². The predicted molar refractivity (Wildman–Crippen MR) is 118 cm³/mol. The molecule has 34 heavy (non-hydrogen) atoms. The Morgan fingerprint density at radius 2 is 1.38 bits per heavy atom. The van der Waals surface area contributed by atoms with Gasteiger partial charge >= 0.3 is 10.4 Å². The summed E-state index contributed by atoms with van der Waals surface area (Å²) in [5.41, 5.74) is -1.54. The number of fused-ring (bicyclic) bond motifs is 4. The summed E-state index contributed by atoms with van der Waals surface area (Å²) in [5, 5.41) is 22.6. The van der Waals surface area contributed by atoms with E-state index in [1.54, 1.807) is 6.07 Å². The van der Waals surface area contributed by atoms with Gasteiger partial charge in [0.25, 0.3) is 0 Å². The van der Waals surface area contributed by atoms with Gasteiger partial charge in [0, 0.05) is 24.0 Å². The van der Waals surface area contributed by atoms with Crippen LogP contribution in [-0.4, -0.2) is 62.5 Å². The summed E-state index contributed by atoms with van der Waals surface area (Å²) >= 11 is 0. The fourth-order valence-corrected chi connectivity index (χ4v) is 4.79. The molecular formula is C22H26O11S. The van der Waals surface area contributed by atoms with Gasteiger partial charge in [-0.15, -0.1) is 0 Å². The molecular weight excluding hydrogens is 472 g/mol.